The number of rotatable bonds is 5. The summed E-state index contributed by atoms with van der Waals surface area (Å²) in [5.74, 6) is -1.13. The number of nitrogens with zero attached hydrogens (tertiary/aromatic N) is 3. The van der Waals surface area contributed by atoms with E-state index in [0.29, 0.717) is 30.2 Å². The lowest BCUT2D eigenvalue weighted by Crippen LogP contribution is -2.40. The topological polar surface area (TPSA) is 70.4 Å². The third kappa shape index (κ3) is 5.62. The van der Waals surface area contributed by atoms with Gasteiger partial charge in [-0.05, 0) is 55.5 Å². The zero-order chi connectivity index (χ0) is 29.5. The first-order valence-electron chi connectivity index (χ1n) is 12.9. The number of imidazole rings is 1. The number of aromatic nitrogens is 2. The third-order valence-corrected chi connectivity index (χ3v) is 9.51. The van der Waals surface area contributed by atoms with E-state index in [1.807, 2.05) is 30.3 Å². The Labute approximate surface area is 235 Å². The van der Waals surface area contributed by atoms with Gasteiger partial charge in [0.2, 0.25) is 10.0 Å². The van der Waals surface area contributed by atoms with E-state index in [1.165, 1.54) is 4.31 Å². The molecular formula is C30H26F4N4O2S. The number of nitrogens with one attached hydrogen (secondary N) is 1. The minimum Gasteiger partial charge on any atom is -0.338 e. The van der Waals surface area contributed by atoms with E-state index in [-0.39, 0.29) is 29.9 Å². The van der Waals surface area contributed by atoms with Gasteiger partial charge in [0.25, 0.3) is 0 Å². The molecule has 5 rings (SSSR count). The molecule has 41 heavy (non-hydrogen) atoms. The highest BCUT2D eigenvalue weighted by molar-refractivity contribution is 7.89. The Morgan fingerprint density at radius 3 is 2.32 bits per heavy atom. The molecule has 0 atom stereocenters. The molecular weight excluding hydrogens is 556 g/mol. The van der Waals surface area contributed by atoms with Crippen molar-refractivity contribution in [1.82, 2.24) is 14.3 Å². The number of fused-ring (bicyclic) bond motifs is 1. The molecule has 3 aromatic carbocycles. The Hall–Kier alpha value is -4.01. The Balaban J connectivity index is 1.60. The standard InChI is InChI=1S/C30H26F4N4O2S/c1-18(2)41(39,40)38-13-11-21(12-14-38)28(20-9-7-19(8-10-20)22-5-4-6-23(15-22)35-3)29-36-26-16-24(30(32,33)34)25(31)17-27(26)37-29/h4-10,15-18H,11-14H2,1-2H3,(H,36,37). The maximum absolute atomic E-state index is 14.3. The van der Waals surface area contributed by atoms with Gasteiger partial charge in [-0.1, -0.05) is 48.0 Å². The van der Waals surface area contributed by atoms with Gasteiger partial charge in [-0.25, -0.2) is 26.9 Å². The maximum Gasteiger partial charge on any atom is 0.419 e. The molecule has 1 aliphatic heterocycles. The summed E-state index contributed by atoms with van der Waals surface area (Å²) in [4.78, 5) is 10.9. The van der Waals surface area contributed by atoms with Gasteiger partial charge < -0.3 is 4.98 Å². The highest BCUT2D eigenvalue weighted by Crippen LogP contribution is 2.37. The number of sulfonamides is 1. The van der Waals surface area contributed by atoms with Gasteiger partial charge in [-0.15, -0.1) is 0 Å². The normalized spacial score (nSPS) is 14.9. The largest absolute Gasteiger partial charge is 0.419 e. The van der Waals surface area contributed by atoms with Crippen molar-refractivity contribution in [2.24, 2.45) is 0 Å². The minimum atomic E-state index is -4.86. The van der Waals surface area contributed by atoms with Crippen LogP contribution < -0.4 is 0 Å². The van der Waals surface area contributed by atoms with E-state index in [4.69, 9.17) is 6.57 Å². The van der Waals surface area contributed by atoms with Crippen LogP contribution in [0.5, 0.6) is 0 Å². The molecule has 0 spiro atoms. The van der Waals surface area contributed by atoms with E-state index >= 15 is 0 Å². The van der Waals surface area contributed by atoms with Crippen molar-refractivity contribution in [2.75, 3.05) is 13.1 Å². The van der Waals surface area contributed by atoms with Gasteiger partial charge in [-0.2, -0.15) is 13.2 Å². The van der Waals surface area contributed by atoms with Crippen LogP contribution in [-0.4, -0.2) is 41.0 Å². The Bertz CT molecular complexity index is 1790. The average molecular weight is 583 g/mol. The van der Waals surface area contributed by atoms with E-state index in [0.717, 1.165) is 28.3 Å². The fraction of sp³-hybridized carbons (Fsp3) is 0.267. The summed E-state index contributed by atoms with van der Waals surface area (Å²) in [6, 6.07) is 16.1. The Morgan fingerprint density at radius 2 is 1.71 bits per heavy atom. The summed E-state index contributed by atoms with van der Waals surface area (Å²) in [5, 5.41) is -0.561. The molecule has 0 aliphatic carbocycles. The second kappa shape index (κ2) is 10.8. The SMILES string of the molecule is [C-]#[N+]c1cccc(-c2ccc(C(=C3CCN(S(=O)(=O)C(C)C)CC3)c3nc4cc(F)c(C(F)(F)F)cc4[nH]3)cc2)c1. The Kier molecular flexibility index (Phi) is 7.48. The summed E-state index contributed by atoms with van der Waals surface area (Å²) < 4.78 is 81.3. The molecule has 212 valence electrons. The van der Waals surface area contributed by atoms with Crippen molar-refractivity contribution in [3.05, 3.63) is 100 Å². The van der Waals surface area contributed by atoms with Gasteiger partial charge in [0, 0.05) is 24.7 Å². The van der Waals surface area contributed by atoms with Crippen LogP contribution in [0.4, 0.5) is 23.2 Å². The predicted molar refractivity (Wildman–Crippen MR) is 150 cm³/mol. The lowest BCUT2D eigenvalue weighted by atomic mass is 9.92. The van der Waals surface area contributed by atoms with Gasteiger partial charge in [-0.3, -0.25) is 0 Å². The number of halogens is 4. The molecule has 2 heterocycles. The van der Waals surface area contributed by atoms with E-state index in [1.54, 1.807) is 32.0 Å². The molecule has 1 aromatic heterocycles. The first-order chi connectivity index (χ1) is 19.4. The monoisotopic (exact) mass is 582 g/mol. The van der Waals surface area contributed by atoms with Crippen LogP contribution in [0.1, 0.15) is 43.6 Å². The van der Waals surface area contributed by atoms with Crippen LogP contribution in [0.15, 0.2) is 66.2 Å². The van der Waals surface area contributed by atoms with Crippen LogP contribution in [0.2, 0.25) is 0 Å². The molecule has 0 saturated carbocycles. The summed E-state index contributed by atoms with van der Waals surface area (Å²) in [5.41, 5.74) is 3.18. The maximum atomic E-state index is 14.3. The molecule has 0 amide bonds. The average Bonchev–Trinajstić information content (AvgIpc) is 3.35. The van der Waals surface area contributed by atoms with Crippen LogP contribution in [0, 0.1) is 12.4 Å². The lowest BCUT2D eigenvalue weighted by molar-refractivity contribution is -0.139. The molecule has 6 nitrogen and oxygen atoms in total. The summed E-state index contributed by atoms with van der Waals surface area (Å²) in [7, 11) is -3.45. The van der Waals surface area contributed by atoms with E-state index < -0.39 is 32.8 Å². The summed E-state index contributed by atoms with van der Waals surface area (Å²) in [6.07, 6.45) is -4.06. The molecule has 0 bridgehead atoms. The first-order valence-corrected chi connectivity index (χ1v) is 14.4. The minimum absolute atomic E-state index is 0.0409. The van der Waals surface area contributed by atoms with Crippen molar-refractivity contribution in [1.29, 1.82) is 0 Å². The summed E-state index contributed by atoms with van der Waals surface area (Å²) >= 11 is 0. The molecule has 1 saturated heterocycles. The van der Waals surface area contributed by atoms with Crippen LogP contribution in [0.3, 0.4) is 0 Å². The number of piperidine rings is 1. The second-order valence-electron chi connectivity index (χ2n) is 10.1. The number of aromatic amines is 1. The van der Waals surface area contributed by atoms with Crippen molar-refractivity contribution in [3.8, 4) is 11.1 Å². The highest BCUT2D eigenvalue weighted by atomic mass is 32.2. The second-order valence-corrected chi connectivity index (χ2v) is 12.6. The molecule has 1 fully saturated rings. The van der Waals surface area contributed by atoms with Gasteiger partial charge in [0.05, 0.1) is 28.4 Å². The molecule has 1 aliphatic rings. The van der Waals surface area contributed by atoms with Gasteiger partial charge in [0.1, 0.15) is 11.6 Å². The van der Waals surface area contributed by atoms with Crippen molar-refractivity contribution >= 4 is 32.3 Å². The molecule has 4 aromatic rings. The van der Waals surface area contributed by atoms with E-state index in [2.05, 4.69) is 14.8 Å². The van der Waals surface area contributed by atoms with Crippen LogP contribution in [-0.2, 0) is 16.2 Å². The smallest absolute Gasteiger partial charge is 0.338 e. The molecule has 0 radical (unpaired) electrons. The van der Waals surface area contributed by atoms with Crippen molar-refractivity contribution < 1.29 is 26.0 Å². The highest BCUT2D eigenvalue weighted by Gasteiger charge is 2.35. The van der Waals surface area contributed by atoms with Gasteiger partial charge in [0.15, 0.2) is 5.69 Å². The fourth-order valence-electron chi connectivity index (χ4n) is 5.02. The first kappa shape index (κ1) is 28.5. The quantitative estimate of drug-likeness (QED) is 0.195. The number of hydrogen-bond donors (Lipinski definition) is 1. The zero-order valence-electron chi connectivity index (χ0n) is 22.3. The Morgan fingerprint density at radius 1 is 1.02 bits per heavy atom. The number of alkyl halides is 3. The zero-order valence-corrected chi connectivity index (χ0v) is 23.1. The lowest BCUT2D eigenvalue weighted by Gasteiger charge is -2.30. The third-order valence-electron chi connectivity index (χ3n) is 7.23. The fourth-order valence-corrected chi connectivity index (χ4v) is 6.31. The van der Waals surface area contributed by atoms with E-state index in [9.17, 15) is 26.0 Å². The number of H-pyrrole nitrogens is 1. The van der Waals surface area contributed by atoms with Crippen LogP contribution >= 0.6 is 0 Å². The molecule has 1 N–H and O–H groups in total. The van der Waals surface area contributed by atoms with Crippen molar-refractivity contribution in [3.63, 3.8) is 0 Å². The predicted octanol–water partition coefficient (Wildman–Crippen LogP) is 7.57. The number of benzene rings is 3. The number of hydrogen-bond acceptors (Lipinski definition) is 3. The summed E-state index contributed by atoms with van der Waals surface area (Å²) in [6.45, 7) is 11.0. The van der Waals surface area contributed by atoms with Crippen molar-refractivity contribution in [2.45, 2.75) is 38.1 Å². The molecule has 0 unspecified atom stereocenters. The molecule has 11 heteroatoms. The van der Waals surface area contributed by atoms with Crippen LogP contribution in [0.25, 0.3) is 32.6 Å². The van der Waals surface area contributed by atoms with Gasteiger partial charge >= 0.3 is 6.18 Å².